The summed E-state index contributed by atoms with van der Waals surface area (Å²) in [4.78, 5) is 0. The summed E-state index contributed by atoms with van der Waals surface area (Å²) < 4.78 is 16.6. The number of aliphatic hydroxyl groups is 1. The van der Waals surface area contributed by atoms with Gasteiger partial charge in [-0.1, -0.05) is 17.7 Å². The van der Waals surface area contributed by atoms with Crippen LogP contribution < -0.4 is 0 Å². The van der Waals surface area contributed by atoms with Crippen LogP contribution in [0.3, 0.4) is 0 Å². The third kappa shape index (κ3) is 2.86. The van der Waals surface area contributed by atoms with Gasteiger partial charge in [-0.25, -0.2) is 4.39 Å². The summed E-state index contributed by atoms with van der Waals surface area (Å²) in [5, 5.41) is 10.7. The maximum Gasteiger partial charge on any atom is 0.130 e. The fourth-order valence-electron chi connectivity index (χ4n) is 2.09. The van der Waals surface area contributed by atoms with Crippen molar-refractivity contribution in [3.8, 4) is 0 Å². The van der Waals surface area contributed by atoms with Crippen LogP contribution in [0.25, 0.3) is 0 Å². The molecule has 1 aromatic heterocycles. The largest absolute Gasteiger partial charge is 0.382 e. The van der Waals surface area contributed by atoms with Crippen LogP contribution in [0.15, 0.2) is 34.9 Å². The van der Waals surface area contributed by atoms with Crippen molar-refractivity contribution in [1.82, 2.24) is 4.57 Å². The van der Waals surface area contributed by atoms with E-state index in [9.17, 15) is 9.50 Å². The molecule has 1 aromatic carbocycles. The molecule has 5 heteroatoms. The Hall–Kier alpha value is -0.840. The lowest BCUT2D eigenvalue weighted by Gasteiger charge is -2.19. The zero-order chi connectivity index (χ0) is 14.2. The molecule has 1 N–H and O–H groups in total. The Bertz CT molecular complexity index is 597. The SMILES string of the molecule is CC(C)n1c(Br)ccc1C(O)c1ccc(Cl)cc1F. The van der Waals surface area contributed by atoms with Crippen LogP contribution in [-0.4, -0.2) is 9.67 Å². The number of hydrogen-bond acceptors (Lipinski definition) is 1. The van der Waals surface area contributed by atoms with E-state index in [0.29, 0.717) is 10.7 Å². The van der Waals surface area contributed by atoms with Gasteiger partial charge in [0.15, 0.2) is 0 Å². The molecule has 0 aliphatic carbocycles. The third-order valence-electron chi connectivity index (χ3n) is 2.95. The molecule has 102 valence electrons. The second-order valence-electron chi connectivity index (χ2n) is 4.61. The number of aromatic nitrogens is 1. The topological polar surface area (TPSA) is 25.2 Å². The van der Waals surface area contributed by atoms with E-state index in [1.807, 2.05) is 24.5 Å². The molecule has 0 aliphatic heterocycles. The lowest BCUT2D eigenvalue weighted by molar-refractivity contribution is 0.202. The molecule has 1 atom stereocenters. The first-order valence-electron chi connectivity index (χ1n) is 5.91. The van der Waals surface area contributed by atoms with Crippen molar-refractivity contribution in [2.75, 3.05) is 0 Å². The average molecular weight is 347 g/mol. The summed E-state index contributed by atoms with van der Waals surface area (Å²) in [7, 11) is 0. The molecule has 2 nitrogen and oxygen atoms in total. The molecule has 0 saturated carbocycles. The van der Waals surface area contributed by atoms with Gasteiger partial charge in [0.25, 0.3) is 0 Å². The number of rotatable bonds is 3. The molecule has 2 rings (SSSR count). The highest BCUT2D eigenvalue weighted by Gasteiger charge is 2.21. The second-order valence-corrected chi connectivity index (χ2v) is 5.86. The van der Waals surface area contributed by atoms with E-state index in [4.69, 9.17) is 11.6 Å². The molecule has 0 spiro atoms. The Labute approximate surface area is 124 Å². The fraction of sp³-hybridized carbons (Fsp3) is 0.286. The number of aliphatic hydroxyl groups excluding tert-OH is 1. The molecule has 2 aromatic rings. The fourth-order valence-corrected chi connectivity index (χ4v) is 2.99. The first-order chi connectivity index (χ1) is 8.91. The van der Waals surface area contributed by atoms with Crippen LogP contribution in [0.5, 0.6) is 0 Å². The maximum atomic E-state index is 13.9. The summed E-state index contributed by atoms with van der Waals surface area (Å²) >= 11 is 9.14. The standard InChI is InChI=1S/C14H14BrClFNO/c1-8(2)18-12(5-6-13(18)15)14(19)10-4-3-9(16)7-11(10)17/h3-8,14,19H,1-2H3. The molecule has 1 heterocycles. The van der Waals surface area contributed by atoms with E-state index in [1.54, 1.807) is 12.1 Å². The highest BCUT2D eigenvalue weighted by Crippen LogP contribution is 2.31. The summed E-state index contributed by atoms with van der Waals surface area (Å²) in [5.74, 6) is -0.507. The van der Waals surface area contributed by atoms with Crippen molar-refractivity contribution in [3.63, 3.8) is 0 Å². The van der Waals surface area contributed by atoms with Crippen LogP contribution in [0.4, 0.5) is 4.39 Å². The van der Waals surface area contributed by atoms with Crippen molar-refractivity contribution in [2.45, 2.75) is 26.0 Å². The van der Waals surface area contributed by atoms with E-state index in [2.05, 4.69) is 15.9 Å². The Morgan fingerprint density at radius 3 is 2.53 bits per heavy atom. The van der Waals surface area contributed by atoms with Gasteiger partial charge in [0.2, 0.25) is 0 Å². The number of nitrogens with zero attached hydrogens (tertiary/aromatic N) is 1. The van der Waals surface area contributed by atoms with E-state index in [-0.39, 0.29) is 11.6 Å². The van der Waals surface area contributed by atoms with Gasteiger partial charge in [-0.2, -0.15) is 0 Å². The number of hydrogen-bond donors (Lipinski definition) is 1. The van der Waals surface area contributed by atoms with Gasteiger partial charge >= 0.3 is 0 Å². The van der Waals surface area contributed by atoms with Crippen LogP contribution in [-0.2, 0) is 0 Å². The lowest BCUT2D eigenvalue weighted by Crippen LogP contribution is -2.12. The Morgan fingerprint density at radius 1 is 1.26 bits per heavy atom. The van der Waals surface area contributed by atoms with Gasteiger partial charge in [0.1, 0.15) is 11.9 Å². The molecule has 0 saturated heterocycles. The van der Waals surface area contributed by atoms with Crippen LogP contribution in [0, 0.1) is 5.82 Å². The van der Waals surface area contributed by atoms with Gasteiger partial charge in [0, 0.05) is 16.6 Å². The van der Waals surface area contributed by atoms with Crippen LogP contribution in [0.1, 0.15) is 37.3 Å². The molecular formula is C14H14BrClFNO. The van der Waals surface area contributed by atoms with Crippen molar-refractivity contribution in [2.24, 2.45) is 0 Å². The molecule has 0 fully saturated rings. The minimum atomic E-state index is -1.02. The first kappa shape index (κ1) is 14.6. The Morgan fingerprint density at radius 2 is 1.95 bits per heavy atom. The Balaban J connectivity index is 2.47. The monoisotopic (exact) mass is 345 g/mol. The predicted molar refractivity (Wildman–Crippen MR) is 78.0 cm³/mol. The summed E-state index contributed by atoms with van der Waals surface area (Å²) in [6, 6.07) is 8.06. The van der Waals surface area contributed by atoms with E-state index in [0.717, 1.165) is 4.60 Å². The van der Waals surface area contributed by atoms with Gasteiger partial charge in [-0.15, -0.1) is 0 Å². The minimum absolute atomic E-state index is 0.157. The van der Waals surface area contributed by atoms with Crippen molar-refractivity contribution < 1.29 is 9.50 Å². The second kappa shape index (κ2) is 5.65. The summed E-state index contributed by atoms with van der Waals surface area (Å²) in [6.07, 6.45) is -1.02. The van der Waals surface area contributed by atoms with Gasteiger partial charge in [0.05, 0.1) is 10.3 Å². The molecule has 0 radical (unpaired) electrons. The molecular weight excluding hydrogens is 333 g/mol. The normalized spacial score (nSPS) is 13.0. The van der Waals surface area contributed by atoms with Gasteiger partial charge in [-0.05, 0) is 54.0 Å². The molecule has 1 unspecified atom stereocenters. The third-order valence-corrected chi connectivity index (χ3v) is 3.84. The predicted octanol–water partition coefficient (Wildman–Crippen LogP) is 4.71. The first-order valence-corrected chi connectivity index (χ1v) is 7.08. The van der Waals surface area contributed by atoms with Gasteiger partial charge in [-0.3, -0.25) is 0 Å². The average Bonchev–Trinajstić information content (AvgIpc) is 2.70. The maximum absolute atomic E-state index is 13.9. The van der Waals surface area contributed by atoms with E-state index in [1.165, 1.54) is 12.1 Å². The van der Waals surface area contributed by atoms with Crippen LogP contribution >= 0.6 is 27.5 Å². The smallest absolute Gasteiger partial charge is 0.130 e. The van der Waals surface area contributed by atoms with E-state index >= 15 is 0 Å². The molecule has 19 heavy (non-hydrogen) atoms. The lowest BCUT2D eigenvalue weighted by atomic mass is 10.1. The van der Waals surface area contributed by atoms with Crippen molar-refractivity contribution in [1.29, 1.82) is 0 Å². The minimum Gasteiger partial charge on any atom is -0.382 e. The molecule has 0 amide bonds. The number of benzene rings is 1. The summed E-state index contributed by atoms with van der Waals surface area (Å²) in [5.41, 5.74) is 0.861. The Kier molecular flexibility index (Phi) is 4.33. The zero-order valence-electron chi connectivity index (χ0n) is 10.6. The number of halogens is 3. The van der Waals surface area contributed by atoms with Crippen LogP contribution in [0.2, 0.25) is 5.02 Å². The zero-order valence-corrected chi connectivity index (χ0v) is 12.9. The van der Waals surface area contributed by atoms with E-state index < -0.39 is 11.9 Å². The molecule has 0 aliphatic rings. The van der Waals surface area contributed by atoms with Crippen molar-refractivity contribution >= 4 is 27.5 Å². The summed E-state index contributed by atoms with van der Waals surface area (Å²) in [6.45, 7) is 4.00. The quantitative estimate of drug-likeness (QED) is 0.856. The molecule has 0 bridgehead atoms. The van der Waals surface area contributed by atoms with Crippen molar-refractivity contribution in [3.05, 3.63) is 57.0 Å². The highest BCUT2D eigenvalue weighted by atomic mass is 79.9. The highest BCUT2D eigenvalue weighted by molar-refractivity contribution is 9.10. The van der Waals surface area contributed by atoms with Gasteiger partial charge < -0.3 is 9.67 Å².